The van der Waals surface area contributed by atoms with Crippen molar-refractivity contribution >= 4 is 40.7 Å². The second kappa shape index (κ2) is 6.33. The summed E-state index contributed by atoms with van der Waals surface area (Å²) < 4.78 is 0. The number of nitrogens with zero attached hydrogens (tertiary/aromatic N) is 2. The molecule has 1 aliphatic heterocycles. The number of nitro groups is 1. The number of hydrogen-bond donors (Lipinski definition) is 1. The quantitative estimate of drug-likeness (QED) is 0.512. The van der Waals surface area contributed by atoms with Crippen molar-refractivity contribution in [2.45, 2.75) is 0 Å². The number of carbonyl (C=O) groups excluding carboxylic acids is 3. The Kier molecular flexibility index (Phi) is 4.20. The van der Waals surface area contributed by atoms with Crippen LogP contribution in [0.4, 0.5) is 11.4 Å². The van der Waals surface area contributed by atoms with E-state index >= 15 is 0 Å². The molecule has 126 valence electrons. The smallest absolute Gasteiger partial charge is 0.282 e. The Hall–Kier alpha value is -3.26. The minimum Gasteiger partial charge on any atom is -0.324 e. The molecule has 0 fully saturated rings. The van der Waals surface area contributed by atoms with Crippen molar-refractivity contribution in [2.24, 2.45) is 0 Å². The maximum Gasteiger partial charge on any atom is 0.282 e. The Morgan fingerprint density at radius 1 is 1.16 bits per heavy atom. The average molecular weight is 360 g/mol. The summed E-state index contributed by atoms with van der Waals surface area (Å²) in [5.74, 6) is -2.24. The number of nitro benzene ring substituents is 1. The first-order chi connectivity index (χ1) is 11.9. The van der Waals surface area contributed by atoms with Crippen molar-refractivity contribution in [3.63, 3.8) is 0 Å². The third-order valence-electron chi connectivity index (χ3n) is 3.58. The Morgan fingerprint density at radius 2 is 1.88 bits per heavy atom. The maximum absolute atomic E-state index is 12.4. The number of fused-ring (bicyclic) bond motifs is 1. The zero-order valence-electron chi connectivity index (χ0n) is 12.6. The van der Waals surface area contributed by atoms with Crippen molar-refractivity contribution in [1.29, 1.82) is 0 Å². The summed E-state index contributed by atoms with van der Waals surface area (Å²) in [6.07, 6.45) is 0. The predicted molar refractivity (Wildman–Crippen MR) is 88.5 cm³/mol. The van der Waals surface area contributed by atoms with Crippen LogP contribution in [0, 0.1) is 10.1 Å². The first kappa shape index (κ1) is 16.6. The molecule has 0 atom stereocenters. The summed E-state index contributed by atoms with van der Waals surface area (Å²) in [5.41, 5.74) is -0.448. The summed E-state index contributed by atoms with van der Waals surface area (Å²) in [5, 5.41) is 14.0. The number of halogens is 1. The highest BCUT2D eigenvalue weighted by atomic mass is 35.5. The molecule has 0 aromatic heterocycles. The van der Waals surface area contributed by atoms with Gasteiger partial charge in [-0.15, -0.1) is 0 Å². The number of benzene rings is 2. The predicted octanol–water partition coefficient (Wildman–Crippen LogP) is 2.48. The van der Waals surface area contributed by atoms with E-state index in [0.717, 1.165) is 6.07 Å². The van der Waals surface area contributed by atoms with Gasteiger partial charge in [-0.05, 0) is 24.3 Å². The molecule has 0 unspecified atom stereocenters. The van der Waals surface area contributed by atoms with Crippen molar-refractivity contribution in [2.75, 3.05) is 11.9 Å². The molecule has 0 aliphatic carbocycles. The molecular formula is C16H10ClN3O5. The van der Waals surface area contributed by atoms with Gasteiger partial charge < -0.3 is 5.32 Å². The molecule has 1 aliphatic rings. The number of nitrogens with one attached hydrogen (secondary N) is 1. The second-order valence-corrected chi connectivity index (χ2v) is 5.65. The van der Waals surface area contributed by atoms with Crippen LogP contribution in [0.25, 0.3) is 0 Å². The van der Waals surface area contributed by atoms with Crippen LogP contribution in [-0.2, 0) is 4.79 Å². The third-order valence-corrected chi connectivity index (χ3v) is 3.82. The van der Waals surface area contributed by atoms with Gasteiger partial charge in [0.05, 0.1) is 10.5 Å². The van der Waals surface area contributed by atoms with Gasteiger partial charge in [0, 0.05) is 16.8 Å². The third kappa shape index (κ3) is 3.07. The minimum absolute atomic E-state index is 0.0882. The molecule has 0 saturated carbocycles. The number of imide groups is 1. The molecule has 2 aromatic rings. The van der Waals surface area contributed by atoms with Gasteiger partial charge >= 0.3 is 0 Å². The number of amides is 3. The first-order valence-corrected chi connectivity index (χ1v) is 7.45. The fourth-order valence-corrected chi connectivity index (χ4v) is 2.71. The number of anilines is 1. The standard InChI is InChI=1S/C16H10ClN3O5/c17-9-3-1-4-10(7-9)18-13(21)8-19-15(22)11-5-2-6-12(20(24)25)14(11)16(19)23/h1-7H,8H2,(H,18,21). The van der Waals surface area contributed by atoms with E-state index in [1.807, 2.05) is 0 Å². The van der Waals surface area contributed by atoms with Gasteiger partial charge in [-0.25, -0.2) is 0 Å². The van der Waals surface area contributed by atoms with Gasteiger partial charge in [-0.1, -0.05) is 23.7 Å². The van der Waals surface area contributed by atoms with Gasteiger partial charge in [-0.3, -0.25) is 29.4 Å². The van der Waals surface area contributed by atoms with Crippen LogP contribution in [0.2, 0.25) is 5.02 Å². The second-order valence-electron chi connectivity index (χ2n) is 5.21. The lowest BCUT2D eigenvalue weighted by molar-refractivity contribution is -0.385. The highest BCUT2D eigenvalue weighted by molar-refractivity contribution is 6.31. The van der Waals surface area contributed by atoms with E-state index in [2.05, 4.69) is 5.32 Å². The topological polar surface area (TPSA) is 110 Å². The summed E-state index contributed by atoms with van der Waals surface area (Å²) in [7, 11) is 0. The molecule has 9 heteroatoms. The average Bonchev–Trinajstić information content (AvgIpc) is 2.80. The van der Waals surface area contributed by atoms with Crippen molar-refractivity contribution in [3.05, 3.63) is 68.7 Å². The zero-order chi connectivity index (χ0) is 18.1. The van der Waals surface area contributed by atoms with Crippen LogP contribution in [-0.4, -0.2) is 34.1 Å². The Morgan fingerprint density at radius 3 is 2.56 bits per heavy atom. The normalized spacial score (nSPS) is 12.9. The van der Waals surface area contributed by atoms with Crippen molar-refractivity contribution < 1.29 is 19.3 Å². The van der Waals surface area contributed by atoms with Crippen LogP contribution in [0.1, 0.15) is 20.7 Å². The van der Waals surface area contributed by atoms with E-state index in [0.29, 0.717) is 15.6 Å². The van der Waals surface area contributed by atoms with Crippen molar-refractivity contribution in [1.82, 2.24) is 4.90 Å². The van der Waals surface area contributed by atoms with Gasteiger partial charge in [-0.2, -0.15) is 0 Å². The Bertz CT molecular complexity index is 928. The molecule has 0 bridgehead atoms. The Labute approximate surface area is 146 Å². The first-order valence-electron chi connectivity index (χ1n) is 7.07. The molecule has 8 nitrogen and oxygen atoms in total. The lowest BCUT2D eigenvalue weighted by atomic mass is 10.1. The van der Waals surface area contributed by atoms with Crippen LogP contribution < -0.4 is 5.32 Å². The Balaban J connectivity index is 1.81. The molecule has 0 radical (unpaired) electrons. The van der Waals surface area contributed by atoms with Crippen LogP contribution in [0.5, 0.6) is 0 Å². The van der Waals surface area contributed by atoms with Crippen LogP contribution in [0.15, 0.2) is 42.5 Å². The largest absolute Gasteiger partial charge is 0.324 e. The fourth-order valence-electron chi connectivity index (χ4n) is 2.52. The van der Waals surface area contributed by atoms with E-state index in [4.69, 9.17) is 11.6 Å². The number of carbonyl (C=O) groups is 3. The lowest BCUT2D eigenvalue weighted by Gasteiger charge is -2.13. The maximum atomic E-state index is 12.4. The molecule has 3 amide bonds. The summed E-state index contributed by atoms with van der Waals surface area (Å²) >= 11 is 5.82. The van der Waals surface area contributed by atoms with Crippen molar-refractivity contribution in [3.8, 4) is 0 Å². The summed E-state index contributed by atoms with van der Waals surface area (Å²) in [6.45, 7) is -0.560. The van der Waals surface area contributed by atoms with Gasteiger partial charge in [0.2, 0.25) is 5.91 Å². The molecule has 2 aromatic carbocycles. The van der Waals surface area contributed by atoms with Gasteiger partial charge in [0.15, 0.2) is 0 Å². The van der Waals surface area contributed by atoms with Gasteiger partial charge in [0.1, 0.15) is 12.1 Å². The summed E-state index contributed by atoms with van der Waals surface area (Å²) in [6, 6.07) is 10.1. The van der Waals surface area contributed by atoms with E-state index < -0.39 is 34.9 Å². The highest BCUT2D eigenvalue weighted by Gasteiger charge is 2.41. The molecule has 3 rings (SSSR count). The molecule has 1 heterocycles. The zero-order valence-corrected chi connectivity index (χ0v) is 13.3. The monoisotopic (exact) mass is 359 g/mol. The summed E-state index contributed by atoms with van der Waals surface area (Å²) in [4.78, 5) is 47.8. The fraction of sp³-hybridized carbons (Fsp3) is 0.0625. The van der Waals surface area contributed by atoms with E-state index in [1.165, 1.54) is 18.2 Å². The highest BCUT2D eigenvalue weighted by Crippen LogP contribution is 2.30. The van der Waals surface area contributed by atoms with Crippen LogP contribution in [0.3, 0.4) is 0 Å². The number of hydrogen-bond acceptors (Lipinski definition) is 5. The van der Waals surface area contributed by atoms with E-state index in [1.54, 1.807) is 18.2 Å². The molecule has 0 saturated heterocycles. The number of rotatable bonds is 4. The van der Waals surface area contributed by atoms with Gasteiger partial charge in [0.25, 0.3) is 17.5 Å². The molecule has 0 spiro atoms. The molecule has 25 heavy (non-hydrogen) atoms. The minimum atomic E-state index is -0.867. The molecular weight excluding hydrogens is 350 g/mol. The van der Waals surface area contributed by atoms with E-state index in [-0.39, 0.29) is 11.1 Å². The SMILES string of the molecule is O=C(CN1C(=O)c2cccc([N+](=O)[O-])c2C1=O)Nc1cccc(Cl)c1. The van der Waals surface area contributed by atoms with Crippen LogP contribution >= 0.6 is 11.6 Å². The van der Waals surface area contributed by atoms with E-state index in [9.17, 15) is 24.5 Å². The lowest BCUT2D eigenvalue weighted by Crippen LogP contribution is -2.37. The molecule has 1 N–H and O–H groups in total.